The van der Waals surface area contributed by atoms with Crippen molar-refractivity contribution in [2.75, 3.05) is 30.8 Å². The average molecular weight is 391 g/mol. The van der Waals surface area contributed by atoms with E-state index >= 15 is 0 Å². The Morgan fingerprint density at radius 3 is 2.48 bits per heavy atom. The predicted octanol–water partition coefficient (Wildman–Crippen LogP) is 3.38. The molecular formula is C21H30N2O3S. The zero-order chi connectivity index (χ0) is 19.9. The first-order valence-corrected chi connectivity index (χ1v) is 11.1. The Bertz CT molecular complexity index is 820. The lowest BCUT2D eigenvalue weighted by Crippen LogP contribution is -2.29. The fourth-order valence-electron chi connectivity index (χ4n) is 2.82. The standard InChI is InChI=1S/C21H30N2O3S/c1-17-7-5-8-19(15-17)16-18(2)22-13-6-14-26-21-11-9-20(10-12-21)23(3)27(4,24)25/h5,7-12,15,18,22H,6,13-14,16H2,1-4H3. The van der Waals surface area contributed by atoms with Crippen molar-refractivity contribution in [2.24, 2.45) is 0 Å². The van der Waals surface area contributed by atoms with Crippen molar-refractivity contribution in [3.05, 3.63) is 59.7 Å². The SMILES string of the molecule is Cc1cccc(CC(C)NCCCOc2ccc(N(C)S(C)(=O)=O)cc2)c1. The summed E-state index contributed by atoms with van der Waals surface area (Å²) in [4.78, 5) is 0. The van der Waals surface area contributed by atoms with Gasteiger partial charge in [-0.2, -0.15) is 0 Å². The maximum atomic E-state index is 11.5. The van der Waals surface area contributed by atoms with Gasteiger partial charge in [-0.3, -0.25) is 4.31 Å². The van der Waals surface area contributed by atoms with Crippen molar-refractivity contribution >= 4 is 15.7 Å². The summed E-state index contributed by atoms with van der Waals surface area (Å²) in [5, 5.41) is 3.52. The van der Waals surface area contributed by atoms with Crippen molar-refractivity contribution in [2.45, 2.75) is 32.7 Å². The van der Waals surface area contributed by atoms with Crippen LogP contribution in [0.1, 0.15) is 24.5 Å². The van der Waals surface area contributed by atoms with E-state index in [1.807, 2.05) is 0 Å². The monoisotopic (exact) mass is 390 g/mol. The normalized spacial score (nSPS) is 12.6. The second kappa shape index (κ2) is 9.76. The number of aryl methyl sites for hydroxylation is 1. The Kier molecular flexibility index (Phi) is 7.68. The van der Waals surface area contributed by atoms with Gasteiger partial charge >= 0.3 is 0 Å². The van der Waals surface area contributed by atoms with Crippen molar-refractivity contribution < 1.29 is 13.2 Å². The van der Waals surface area contributed by atoms with E-state index in [-0.39, 0.29) is 0 Å². The maximum absolute atomic E-state index is 11.5. The molecule has 0 aliphatic heterocycles. The van der Waals surface area contributed by atoms with Gasteiger partial charge in [0, 0.05) is 13.1 Å². The van der Waals surface area contributed by atoms with E-state index in [1.54, 1.807) is 24.3 Å². The summed E-state index contributed by atoms with van der Waals surface area (Å²) in [6.45, 7) is 5.82. The molecule has 1 unspecified atom stereocenters. The number of nitrogens with zero attached hydrogens (tertiary/aromatic N) is 1. The van der Waals surface area contributed by atoms with Crippen molar-refractivity contribution in [3.63, 3.8) is 0 Å². The molecule has 0 aromatic heterocycles. The van der Waals surface area contributed by atoms with Crippen LogP contribution in [0.15, 0.2) is 48.5 Å². The molecule has 0 saturated heterocycles. The molecule has 0 aliphatic rings. The van der Waals surface area contributed by atoms with E-state index in [9.17, 15) is 8.42 Å². The Labute approximate surface area is 163 Å². The summed E-state index contributed by atoms with van der Waals surface area (Å²) in [5.74, 6) is 0.744. The van der Waals surface area contributed by atoms with Gasteiger partial charge in [0.15, 0.2) is 0 Å². The first-order valence-electron chi connectivity index (χ1n) is 9.21. The van der Waals surface area contributed by atoms with Crippen LogP contribution in [0, 0.1) is 6.92 Å². The molecule has 27 heavy (non-hydrogen) atoms. The summed E-state index contributed by atoms with van der Waals surface area (Å²) >= 11 is 0. The Morgan fingerprint density at radius 2 is 1.85 bits per heavy atom. The third-order valence-corrected chi connectivity index (χ3v) is 5.61. The summed E-state index contributed by atoms with van der Waals surface area (Å²) in [5.41, 5.74) is 3.27. The molecule has 1 atom stereocenters. The molecule has 0 spiro atoms. The second-order valence-electron chi connectivity index (χ2n) is 6.97. The number of nitrogens with one attached hydrogen (secondary N) is 1. The lowest BCUT2D eigenvalue weighted by molar-refractivity contribution is 0.305. The molecule has 0 aliphatic carbocycles. The first kappa shape index (κ1) is 21.3. The Morgan fingerprint density at radius 1 is 1.15 bits per heavy atom. The Balaban J connectivity index is 1.68. The van der Waals surface area contributed by atoms with E-state index in [1.165, 1.54) is 28.7 Å². The van der Waals surface area contributed by atoms with Crippen LogP contribution in [0.25, 0.3) is 0 Å². The van der Waals surface area contributed by atoms with Crippen LogP contribution in [0.4, 0.5) is 5.69 Å². The van der Waals surface area contributed by atoms with E-state index < -0.39 is 10.0 Å². The maximum Gasteiger partial charge on any atom is 0.231 e. The van der Waals surface area contributed by atoms with Crippen LogP contribution in [0.2, 0.25) is 0 Å². The fourth-order valence-corrected chi connectivity index (χ4v) is 3.32. The van der Waals surface area contributed by atoms with Crippen molar-refractivity contribution in [3.8, 4) is 5.75 Å². The van der Waals surface area contributed by atoms with Gasteiger partial charge in [-0.05, 0) is 63.1 Å². The highest BCUT2D eigenvalue weighted by atomic mass is 32.2. The highest BCUT2D eigenvalue weighted by Crippen LogP contribution is 2.20. The van der Waals surface area contributed by atoms with E-state index in [4.69, 9.17) is 4.74 Å². The van der Waals surface area contributed by atoms with Gasteiger partial charge < -0.3 is 10.1 Å². The molecule has 0 amide bonds. The quantitative estimate of drug-likeness (QED) is 0.632. The van der Waals surface area contributed by atoms with Gasteiger partial charge in [-0.15, -0.1) is 0 Å². The number of hydrogen-bond acceptors (Lipinski definition) is 4. The van der Waals surface area contributed by atoms with E-state index in [2.05, 4.69) is 43.4 Å². The average Bonchev–Trinajstić information content (AvgIpc) is 2.60. The Hall–Kier alpha value is -2.05. The number of rotatable bonds is 10. The molecule has 2 aromatic rings. The zero-order valence-corrected chi connectivity index (χ0v) is 17.4. The van der Waals surface area contributed by atoms with Gasteiger partial charge in [-0.25, -0.2) is 8.42 Å². The predicted molar refractivity (Wildman–Crippen MR) is 112 cm³/mol. The molecule has 0 fully saturated rings. The van der Waals surface area contributed by atoms with Crippen LogP contribution < -0.4 is 14.4 Å². The summed E-state index contributed by atoms with van der Waals surface area (Å²) in [7, 11) is -1.71. The third-order valence-electron chi connectivity index (χ3n) is 4.40. The molecule has 1 N–H and O–H groups in total. The molecule has 2 rings (SSSR count). The van der Waals surface area contributed by atoms with Gasteiger partial charge in [0.2, 0.25) is 10.0 Å². The summed E-state index contributed by atoms with van der Waals surface area (Å²) in [6, 6.07) is 16.1. The minimum Gasteiger partial charge on any atom is -0.494 e. The highest BCUT2D eigenvalue weighted by molar-refractivity contribution is 7.92. The molecule has 0 heterocycles. The zero-order valence-electron chi connectivity index (χ0n) is 16.6. The summed E-state index contributed by atoms with van der Waals surface area (Å²) in [6.07, 6.45) is 3.10. The van der Waals surface area contributed by atoms with Gasteiger partial charge in [0.25, 0.3) is 0 Å². The van der Waals surface area contributed by atoms with Crippen LogP contribution in [0.5, 0.6) is 5.75 Å². The molecule has 5 nitrogen and oxygen atoms in total. The van der Waals surface area contributed by atoms with Crippen molar-refractivity contribution in [1.29, 1.82) is 0 Å². The smallest absolute Gasteiger partial charge is 0.231 e. The number of sulfonamides is 1. The van der Waals surface area contributed by atoms with Gasteiger partial charge in [-0.1, -0.05) is 29.8 Å². The largest absolute Gasteiger partial charge is 0.494 e. The number of anilines is 1. The minimum atomic E-state index is -3.24. The van der Waals surface area contributed by atoms with Gasteiger partial charge in [0.1, 0.15) is 5.75 Å². The molecule has 6 heteroatoms. The molecule has 2 aromatic carbocycles. The molecular weight excluding hydrogens is 360 g/mol. The second-order valence-corrected chi connectivity index (χ2v) is 8.99. The van der Waals surface area contributed by atoms with Crippen LogP contribution in [-0.4, -0.2) is 40.9 Å². The first-order chi connectivity index (χ1) is 12.8. The third kappa shape index (κ3) is 7.23. The van der Waals surface area contributed by atoms with Crippen molar-refractivity contribution in [1.82, 2.24) is 5.32 Å². The van der Waals surface area contributed by atoms with Gasteiger partial charge in [0.05, 0.1) is 18.6 Å². The number of ether oxygens (including phenoxy) is 1. The van der Waals surface area contributed by atoms with Crippen LogP contribution in [0.3, 0.4) is 0 Å². The minimum absolute atomic E-state index is 0.414. The molecule has 0 radical (unpaired) electrons. The molecule has 0 saturated carbocycles. The topological polar surface area (TPSA) is 58.6 Å². The number of hydrogen-bond donors (Lipinski definition) is 1. The van der Waals surface area contributed by atoms with Crippen LogP contribution >= 0.6 is 0 Å². The molecule has 148 valence electrons. The highest BCUT2D eigenvalue weighted by Gasteiger charge is 2.11. The van der Waals surface area contributed by atoms with Crippen LogP contribution in [-0.2, 0) is 16.4 Å². The van der Waals surface area contributed by atoms with E-state index in [0.717, 1.165) is 25.1 Å². The molecule has 0 bridgehead atoms. The fraction of sp³-hybridized carbons (Fsp3) is 0.429. The number of benzene rings is 2. The summed E-state index contributed by atoms with van der Waals surface area (Å²) < 4.78 is 30.1. The lowest BCUT2D eigenvalue weighted by atomic mass is 10.0. The lowest BCUT2D eigenvalue weighted by Gasteiger charge is -2.17. The van der Waals surface area contributed by atoms with E-state index in [0.29, 0.717) is 18.3 Å².